The van der Waals surface area contributed by atoms with Crippen LogP contribution in [0.3, 0.4) is 0 Å². The van der Waals surface area contributed by atoms with E-state index in [1.165, 1.54) is 4.90 Å². The molecule has 1 saturated carbocycles. The zero-order valence-electron chi connectivity index (χ0n) is 10.6. The minimum atomic E-state index is -0.865. The Morgan fingerprint density at radius 2 is 2.00 bits per heavy atom. The Bertz CT molecular complexity index is 355. The Labute approximate surface area is 106 Å². The van der Waals surface area contributed by atoms with Crippen LogP contribution >= 0.6 is 0 Å². The second-order valence-electron chi connectivity index (χ2n) is 5.68. The molecule has 3 N–H and O–H groups in total. The minimum absolute atomic E-state index is 0.0737. The number of amides is 1. The van der Waals surface area contributed by atoms with Crippen LogP contribution in [0.2, 0.25) is 0 Å². The Kier molecular flexibility index (Phi) is 3.23. The SMILES string of the molecule is CCOC(=O)CC1(CN)CC2(CN(C(=O)O)C2)C1. The summed E-state index contributed by atoms with van der Waals surface area (Å²) < 4.78 is 4.96. The molecule has 1 saturated heterocycles. The van der Waals surface area contributed by atoms with E-state index in [9.17, 15) is 9.59 Å². The molecule has 0 aromatic heterocycles. The van der Waals surface area contributed by atoms with Crippen LogP contribution in [0, 0.1) is 10.8 Å². The van der Waals surface area contributed by atoms with E-state index >= 15 is 0 Å². The van der Waals surface area contributed by atoms with Crippen LogP contribution in [0.5, 0.6) is 0 Å². The monoisotopic (exact) mass is 256 g/mol. The lowest BCUT2D eigenvalue weighted by Crippen LogP contribution is -2.68. The summed E-state index contributed by atoms with van der Waals surface area (Å²) in [6.07, 6.45) is 1.15. The van der Waals surface area contributed by atoms with Crippen LogP contribution in [0.1, 0.15) is 26.2 Å². The van der Waals surface area contributed by atoms with Crippen LogP contribution in [0.4, 0.5) is 4.79 Å². The van der Waals surface area contributed by atoms with E-state index in [4.69, 9.17) is 15.6 Å². The molecule has 0 aromatic carbocycles. The highest BCUT2D eigenvalue weighted by Gasteiger charge is 2.60. The lowest BCUT2D eigenvalue weighted by atomic mass is 9.48. The second kappa shape index (κ2) is 4.42. The molecule has 6 heteroatoms. The number of rotatable bonds is 4. The van der Waals surface area contributed by atoms with E-state index < -0.39 is 6.09 Å². The third kappa shape index (κ3) is 2.16. The van der Waals surface area contributed by atoms with Crippen molar-refractivity contribution >= 4 is 12.1 Å². The maximum atomic E-state index is 11.5. The third-order valence-corrected chi connectivity index (χ3v) is 4.08. The van der Waals surface area contributed by atoms with Crippen molar-refractivity contribution in [3.8, 4) is 0 Å². The normalized spacial score (nSPS) is 23.1. The van der Waals surface area contributed by atoms with Gasteiger partial charge in [0, 0.05) is 18.5 Å². The molecule has 2 rings (SSSR count). The Morgan fingerprint density at radius 3 is 2.44 bits per heavy atom. The number of likely N-dealkylation sites (tertiary alicyclic amines) is 1. The summed E-state index contributed by atoms with van der Waals surface area (Å²) >= 11 is 0. The largest absolute Gasteiger partial charge is 0.466 e. The van der Waals surface area contributed by atoms with Crippen molar-refractivity contribution in [2.75, 3.05) is 26.2 Å². The first-order valence-electron chi connectivity index (χ1n) is 6.28. The van der Waals surface area contributed by atoms with Gasteiger partial charge in [0.1, 0.15) is 0 Å². The fraction of sp³-hybridized carbons (Fsp3) is 0.833. The maximum absolute atomic E-state index is 11.5. The highest BCUT2D eigenvalue weighted by atomic mass is 16.5. The van der Waals surface area contributed by atoms with Gasteiger partial charge in [0.2, 0.25) is 0 Å². The number of hydrogen-bond donors (Lipinski definition) is 2. The predicted molar refractivity (Wildman–Crippen MR) is 64.0 cm³/mol. The van der Waals surface area contributed by atoms with Crippen molar-refractivity contribution in [1.29, 1.82) is 0 Å². The average molecular weight is 256 g/mol. The number of esters is 1. The molecule has 0 unspecified atom stereocenters. The zero-order valence-corrected chi connectivity index (χ0v) is 10.6. The summed E-state index contributed by atoms with van der Waals surface area (Å²) in [5, 5.41) is 8.81. The van der Waals surface area contributed by atoms with Gasteiger partial charge in [0.05, 0.1) is 13.0 Å². The Morgan fingerprint density at radius 1 is 1.39 bits per heavy atom. The van der Waals surface area contributed by atoms with Gasteiger partial charge in [-0.15, -0.1) is 0 Å². The molecule has 1 aliphatic heterocycles. The van der Waals surface area contributed by atoms with Gasteiger partial charge >= 0.3 is 12.1 Å². The molecule has 0 bridgehead atoms. The molecule has 1 spiro atoms. The standard InChI is InChI=1S/C12H20N2O4/c1-2-18-9(15)3-11(6-13)4-12(5-11)7-14(8-12)10(16)17/h2-8,13H2,1H3,(H,16,17). The van der Waals surface area contributed by atoms with Crippen LogP contribution in [-0.2, 0) is 9.53 Å². The van der Waals surface area contributed by atoms with Crippen molar-refractivity contribution in [2.45, 2.75) is 26.2 Å². The molecule has 18 heavy (non-hydrogen) atoms. The predicted octanol–water partition coefficient (Wildman–Crippen LogP) is 0.659. The molecule has 1 amide bonds. The van der Waals surface area contributed by atoms with E-state index in [1.54, 1.807) is 6.92 Å². The number of carboxylic acid groups (broad SMARTS) is 1. The smallest absolute Gasteiger partial charge is 0.407 e. The Hall–Kier alpha value is -1.30. The molecule has 2 fully saturated rings. The van der Waals surface area contributed by atoms with E-state index in [0.29, 0.717) is 32.7 Å². The zero-order chi connectivity index (χ0) is 13.4. The summed E-state index contributed by atoms with van der Waals surface area (Å²) in [5.74, 6) is -0.202. The van der Waals surface area contributed by atoms with Crippen LogP contribution < -0.4 is 5.73 Å². The van der Waals surface area contributed by atoms with Gasteiger partial charge in [-0.25, -0.2) is 4.79 Å². The van der Waals surface area contributed by atoms with Gasteiger partial charge in [-0.05, 0) is 31.7 Å². The summed E-state index contributed by atoms with van der Waals surface area (Å²) in [6.45, 7) is 3.78. The molecule has 1 aliphatic carbocycles. The number of ether oxygens (including phenoxy) is 1. The number of carbonyl (C=O) groups excluding carboxylic acids is 1. The van der Waals surface area contributed by atoms with E-state index in [1.807, 2.05) is 0 Å². The van der Waals surface area contributed by atoms with Crippen molar-refractivity contribution in [3.05, 3.63) is 0 Å². The number of nitrogens with zero attached hydrogens (tertiary/aromatic N) is 1. The second-order valence-corrected chi connectivity index (χ2v) is 5.68. The average Bonchev–Trinajstić information content (AvgIpc) is 2.19. The highest BCUT2D eigenvalue weighted by molar-refractivity contribution is 5.71. The molecular formula is C12H20N2O4. The molecule has 0 atom stereocenters. The number of nitrogens with two attached hydrogens (primary N) is 1. The molecule has 6 nitrogen and oxygen atoms in total. The Balaban J connectivity index is 1.85. The lowest BCUT2D eigenvalue weighted by Gasteiger charge is -2.63. The fourth-order valence-electron chi connectivity index (χ4n) is 3.52. The van der Waals surface area contributed by atoms with Crippen molar-refractivity contribution in [2.24, 2.45) is 16.6 Å². The topological polar surface area (TPSA) is 92.9 Å². The fourth-order valence-corrected chi connectivity index (χ4v) is 3.52. The van der Waals surface area contributed by atoms with E-state index in [-0.39, 0.29) is 16.8 Å². The van der Waals surface area contributed by atoms with Gasteiger partial charge in [-0.1, -0.05) is 0 Å². The van der Waals surface area contributed by atoms with Gasteiger partial charge in [-0.2, -0.15) is 0 Å². The minimum Gasteiger partial charge on any atom is -0.466 e. The first kappa shape index (κ1) is 13.1. The van der Waals surface area contributed by atoms with Gasteiger partial charge in [0.15, 0.2) is 0 Å². The van der Waals surface area contributed by atoms with Crippen molar-refractivity contribution < 1.29 is 19.4 Å². The molecule has 1 heterocycles. The summed E-state index contributed by atoms with van der Waals surface area (Å²) in [4.78, 5) is 23.7. The van der Waals surface area contributed by atoms with Crippen molar-refractivity contribution in [1.82, 2.24) is 4.90 Å². The molecule has 0 aromatic rings. The van der Waals surface area contributed by atoms with Crippen LogP contribution in [-0.4, -0.2) is 48.3 Å². The maximum Gasteiger partial charge on any atom is 0.407 e. The highest BCUT2D eigenvalue weighted by Crippen LogP contribution is 2.60. The summed E-state index contributed by atoms with van der Waals surface area (Å²) in [6, 6.07) is 0. The lowest BCUT2D eigenvalue weighted by molar-refractivity contribution is -0.161. The number of hydrogen-bond acceptors (Lipinski definition) is 4. The number of carbonyl (C=O) groups is 2. The van der Waals surface area contributed by atoms with Gasteiger partial charge in [-0.3, -0.25) is 4.79 Å². The first-order chi connectivity index (χ1) is 8.44. The summed E-state index contributed by atoms with van der Waals surface area (Å²) in [5.41, 5.74) is 5.67. The molecule has 0 radical (unpaired) electrons. The molecule has 2 aliphatic rings. The van der Waals surface area contributed by atoms with E-state index in [0.717, 1.165) is 12.8 Å². The van der Waals surface area contributed by atoms with Gasteiger partial charge < -0.3 is 20.5 Å². The van der Waals surface area contributed by atoms with Crippen LogP contribution in [0.25, 0.3) is 0 Å². The van der Waals surface area contributed by atoms with Gasteiger partial charge in [0.25, 0.3) is 0 Å². The van der Waals surface area contributed by atoms with E-state index in [2.05, 4.69) is 0 Å². The molecular weight excluding hydrogens is 236 g/mol. The van der Waals surface area contributed by atoms with Crippen LogP contribution in [0.15, 0.2) is 0 Å². The summed E-state index contributed by atoms with van der Waals surface area (Å²) in [7, 11) is 0. The quantitative estimate of drug-likeness (QED) is 0.721. The third-order valence-electron chi connectivity index (χ3n) is 4.08. The van der Waals surface area contributed by atoms with Crippen molar-refractivity contribution in [3.63, 3.8) is 0 Å². The first-order valence-corrected chi connectivity index (χ1v) is 6.28. The molecule has 102 valence electrons.